The maximum Gasteiger partial charge on any atom is 0.272 e. The van der Waals surface area contributed by atoms with Gasteiger partial charge in [0.1, 0.15) is 5.69 Å². The average molecular weight is 336 g/mol. The molecule has 1 fully saturated rings. The van der Waals surface area contributed by atoms with Crippen LogP contribution < -0.4 is 0 Å². The van der Waals surface area contributed by atoms with Crippen molar-refractivity contribution in [3.05, 3.63) is 41.0 Å². The summed E-state index contributed by atoms with van der Waals surface area (Å²) in [4.78, 5) is 14.4. The molecule has 1 aromatic carbocycles. The summed E-state index contributed by atoms with van der Waals surface area (Å²) in [7, 11) is 0. The molecular formula is C16H18ClN3O3. The van der Waals surface area contributed by atoms with Crippen molar-refractivity contribution in [2.75, 3.05) is 26.4 Å². The lowest BCUT2D eigenvalue weighted by Gasteiger charge is -2.35. The highest BCUT2D eigenvalue weighted by Crippen LogP contribution is 2.26. The number of benzene rings is 1. The summed E-state index contributed by atoms with van der Waals surface area (Å²) in [6.07, 6.45) is 0.497. The number of carbonyl (C=O) groups excluding carboxylic acids is 1. The van der Waals surface area contributed by atoms with E-state index in [9.17, 15) is 4.79 Å². The van der Waals surface area contributed by atoms with Crippen molar-refractivity contribution in [1.29, 1.82) is 0 Å². The number of carbonyl (C=O) groups is 1. The Labute approximate surface area is 139 Å². The van der Waals surface area contributed by atoms with Crippen molar-refractivity contribution in [2.45, 2.75) is 12.5 Å². The summed E-state index contributed by atoms with van der Waals surface area (Å²) in [6.45, 7) is 1.46. The molecular weight excluding hydrogens is 318 g/mol. The zero-order chi connectivity index (χ0) is 16.2. The van der Waals surface area contributed by atoms with Gasteiger partial charge in [-0.15, -0.1) is 0 Å². The number of hydrogen-bond donors (Lipinski definition) is 2. The number of nitrogens with one attached hydrogen (secondary N) is 1. The molecule has 1 atom stereocenters. The van der Waals surface area contributed by atoms with Gasteiger partial charge < -0.3 is 14.7 Å². The van der Waals surface area contributed by atoms with Crippen LogP contribution in [-0.4, -0.2) is 58.5 Å². The number of aromatic nitrogens is 2. The Morgan fingerprint density at radius 1 is 1.48 bits per heavy atom. The van der Waals surface area contributed by atoms with Crippen LogP contribution in [0.1, 0.15) is 16.9 Å². The Morgan fingerprint density at radius 2 is 2.30 bits per heavy atom. The number of aliphatic hydroxyl groups excluding tert-OH is 1. The van der Waals surface area contributed by atoms with Gasteiger partial charge in [0.15, 0.2) is 0 Å². The minimum Gasteiger partial charge on any atom is -0.396 e. The quantitative estimate of drug-likeness (QED) is 0.895. The SMILES string of the molecule is O=C(c1cc(-c2ccccc2Cl)n[nH]1)N1CCOCC1CCO. The van der Waals surface area contributed by atoms with Crippen LogP contribution in [0.15, 0.2) is 30.3 Å². The van der Waals surface area contributed by atoms with Crippen molar-refractivity contribution in [2.24, 2.45) is 0 Å². The van der Waals surface area contributed by atoms with Gasteiger partial charge in [-0.25, -0.2) is 0 Å². The molecule has 1 aromatic heterocycles. The van der Waals surface area contributed by atoms with Gasteiger partial charge in [0.05, 0.1) is 30.0 Å². The normalized spacial score (nSPS) is 18.2. The fraction of sp³-hybridized carbons (Fsp3) is 0.375. The fourth-order valence-corrected chi connectivity index (χ4v) is 2.94. The first-order valence-electron chi connectivity index (χ1n) is 7.50. The smallest absolute Gasteiger partial charge is 0.272 e. The van der Waals surface area contributed by atoms with Gasteiger partial charge in [-0.05, 0) is 18.6 Å². The molecule has 7 heteroatoms. The number of ether oxygens (including phenoxy) is 1. The Hall–Kier alpha value is -1.89. The average Bonchev–Trinajstić information content (AvgIpc) is 3.05. The molecule has 3 rings (SSSR count). The number of aliphatic hydroxyl groups is 1. The number of morpholine rings is 1. The van der Waals surface area contributed by atoms with Crippen LogP contribution in [0.25, 0.3) is 11.3 Å². The van der Waals surface area contributed by atoms with Crippen LogP contribution >= 0.6 is 11.6 Å². The second kappa shape index (κ2) is 7.12. The minimum atomic E-state index is -0.141. The standard InChI is InChI=1S/C16H18ClN3O3/c17-13-4-2-1-3-12(13)14-9-15(19-18-14)16(22)20-6-8-23-10-11(20)5-7-21/h1-4,9,11,21H,5-8,10H2,(H,18,19). The Morgan fingerprint density at radius 3 is 3.09 bits per heavy atom. The molecule has 1 aliphatic rings. The molecule has 0 bridgehead atoms. The van der Waals surface area contributed by atoms with E-state index in [4.69, 9.17) is 21.4 Å². The number of nitrogens with zero attached hydrogens (tertiary/aromatic N) is 2. The summed E-state index contributed by atoms with van der Waals surface area (Å²) in [5, 5.41) is 16.7. The highest BCUT2D eigenvalue weighted by molar-refractivity contribution is 6.33. The van der Waals surface area contributed by atoms with Gasteiger partial charge in [0, 0.05) is 18.7 Å². The molecule has 2 aromatic rings. The Kier molecular flexibility index (Phi) is 4.95. The van der Waals surface area contributed by atoms with E-state index in [0.717, 1.165) is 5.56 Å². The number of aromatic amines is 1. The van der Waals surface area contributed by atoms with Crippen molar-refractivity contribution in [3.8, 4) is 11.3 Å². The highest BCUT2D eigenvalue weighted by atomic mass is 35.5. The Bertz CT molecular complexity index is 687. The van der Waals surface area contributed by atoms with Crippen LogP contribution in [-0.2, 0) is 4.74 Å². The number of halogens is 1. The third kappa shape index (κ3) is 3.39. The third-order valence-electron chi connectivity index (χ3n) is 3.91. The lowest BCUT2D eigenvalue weighted by Crippen LogP contribution is -2.49. The summed E-state index contributed by atoms with van der Waals surface area (Å²) in [5.74, 6) is -0.141. The maximum absolute atomic E-state index is 12.7. The zero-order valence-corrected chi connectivity index (χ0v) is 13.3. The first kappa shape index (κ1) is 16.0. The predicted octanol–water partition coefficient (Wildman–Crippen LogP) is 1.95. The van der Waals surface area contributed by atoms with Gasteiger partial charge in [0.25, 0.3) is 5.91 Å². The van der Waals surface area contributed by atoms with E-state index >= 15 is 0 Å². The molecule has 0 aliphatic carbocycles. The fourth-order valence-electron chi connectivity index (χ4n) is 2.70. The molecule has 0 spiro atoms. The largest absolute Gasteiger partial charge is 0.396 e. The summed E-state index contributed by atoms with van der Waals surface area (Å²) in [5.41, 5.74) is 1.81. The van der Waals surface area contributed by atoms with E-state index in [2.05, 4.69) is 10.2 Å². The summed E-state index contributed by atoms with van der Waals surface area (Å²) >= 11 is 6.17. The van der Waals surface area contributed by atoms with Crippen molar-refractivity contribution >= 4 is 17.5 Å². The lowest BCUT2D eigenvalue weighted by atomic mass is 10.1. The zero-order valence-electron chi connectivity index (χ0n) is 12.5. The highest BCUT2D eigenvalue weighted by Gasteiger charge is 2.28. The van der Waals surface area contributed by atoms with Crippen molar-refractivity contribution in [3.63, 3.8) is 0 Å². The molecule has 23 heavy (non-hydrogen) atoms. The molecule has 0 saturated carbocycles. The second-order valence-corrected chi connectivity index (χ2v) is 5.79. The molecule has 122 valence electrons. The lowest BCUT2D eigenvalue weighted by molar-refractivity contribution is -0.00858. The van der Waals surface area contributed by atoms with E-state index in [-0.39, 0.29) is 18.6 Å². The first-order valence-corrected chi connectivity index (χ1v) is 7.88. The van der Waals surface area contributed by atoms with Crippen LogP contribution in [0.3, 0.4) is 0 Å². The van der Waals surface area contributed by atoms with Crippen LogP contribution in [0.4, 0.5) is 0 Å². The molecule has 0 radical (unpaired) electrons. The van der Waals surface area contributed by atoms with E-state index < -0.39 is 0 Å². The van der Waals surface area contributed by atoms with E-state index in [0.29, 0.717) is 42.6 Å². The summed E-state index contributed by atoms with van der Waals surface area (Å²) < 4.78 is 5.39. The van der Waals surface area contributed by atoms with Crippen LogP contribution in [0.5, 0.6) is 0 Å². The second-order valence-electron chi connectivity index (χ2n) is 5.39. The van der Waals surface area contributed by atoms with Crippen LogP contribution in [0.2, 0.25) is 5.02 Å². The molecule has 6 nitrogen and oxygen atoms in total. The van der Waals surface area contributed by atoms with Crippen molar-refractivity contribution < 1.29 is 14.6 Å². The van der Waals surface area contributed by atoms with Crippen molar-refractivity contribution in [1.82, 2.24) is 15.1 Å². The predicted molar refractivity (Wildman–Crippen MR) is 86.4 cm³/mol. The third-order valence-corrected chi connectivity index (χ3v) is 4.24. The van der Waals surface area contributed by atoms with Gasteiger partial charge in [-0.2, -0.15) is 5.10 Å². The topological polar surface area (TPSA) is 78.5 Å². The molecule has 2 heterocycles. The van der Waals surface area contributed by atoms with Gasteiger partial charge in [-0.1, -0.05) is 29.8 Å². The van der Waals surface area contributed by atoms with Crippen LogP contribution in [0, 0.1) is 0 Å². The molecule has 1 saturated heterocycles. The number of H-pyrrole nitrogens is 1. The number of amides is 1. The molecule has 1 unspecified atom stereocenters. The summed E-state index contributed by atoms with van der Waals surface area (Å²) in [6, 6.07) is 8.94. The molecule has 1 aliphatic heterocycles. The van der Waals surface area contributed by atoms with E-state index in [1.165, 1.54) is 0 Å². The van der Waals surface area contributed by atoms with E-state index in [1.807, 2.05) is 18.2 Å². The number of rotatable bonds is 4. The molecule has 2 N–H and O–H groups in total. The minimum absolute atomic E-state index is 0.0195. The Balaban J connectivity index is 1.82. The monoisotopic (exact) mass is 335 g/mol. The first-order chi connectivity index (χ1) is 11.2. The molecule has 1 amide bonds. The van der Waals surface area contributed by atoms with Gasteiger partial charge in [-0.3, -0.25) is 9.89 Å². The van der Waals surface area contributed by atoms with Gasteiger partial charge >= 0.3 is 0 Å². The maximum atomic E-state index is 12.7. The number of hydrogen-bond acceptors (Lipinski definition) is 4. The van der Waals surface area contributed by atoms with E-state index in [1.54, 1.807) is 17.0 Å². The van der Waals surface area contributed by atoms with Gasteiger partial charge in [0.2, 0.25) is 0 Å².